The van der Waals surface area contributed by atoms with Gasteiger partial charge in [-0.15, -0.1) is 0 Å². The smallest absolute Gasteiger partial charge is 0.416 e. The first kappa shape index (κ1) is 14.3. The second-order valence-electron chi connectivity index (χ2n) is 4.23. The number of rotatable bonds is 3. The van der Waals surface area contributed by atoms with Crippen molar-refractivity contribution in [3.63, 3.8) is 0 Å². The van der Waals surface area contributed by atoms with E-state index in [1.54, 1.807) is 31.2 Å². The lowest BCUT2D eigenvalue weighted by molar-refractivity contribution is -0.137. The van der Waals surface area contributed by atoms with Gasteiger partial charge in [-0.2, -0.15) is 13.2 Å². The molecule has 2 rings (SSSR count). The Kier molecular flexibility index (Phi) is 3.94. The van der Waals surface area contributed by atoms with E-state index in [0.29, 0.717) is 11.3 Å². The van der Waals surface area contributed by atoms with Crippen LogP contribution in [0.2, 0.25) is 0 Å². The minimum Gasteiger partial charge on any atom is -0.439 e. The van der Waals surface area contributed by atoms with Crippen LogP contribution in [-0.4, -0.2) is 10.1 Å². The zero-order chi connectivity index (χ0) is 14.8. The van der Waals surface area contributed by atoms with Gasteiger partial charge >= 0.3 is 6.18 Å². The molecule has 0 saturated heterocycles. The van der Waals surface area contributed by atoms with Crippen LogP contribution in [-0.2, 0) is 6.18 Å². The summed E-state index contributed by atoms with van der Waals surface area (Å²) in [5.74, 6) is 0.214. The molecule has 0 bridgehead atoms. The molecule has 0 radical (unpaired) electrons. The van der Waals surface area contributed by atoms with Gasteiger partial charge in [0.05, 0.1) is 11.7 Å². The lowest BCUT2D eigenvalue weighted by Gasteiger charge is -2.10. The van der Waals surface area contributed by atoms with E-state index in [1.165, 1.54) is 0 Å². The van der Waals surface area contributed by atoms with E-state index in [0.717, 1.165) is 18.3 Å². The first-order valence-corrected chi connectivity index (χ1v) is 5.85. The topological polar surface area (TPSA) is 42.4 Å². The van der Waals surface area contributed by atoms with Gasteiger partial charge in [-0.25, -0.2) is 4.98 Å². The molecule has 1 N–H and O–H groups in total. The zero-order valence-corrected chi connectivity index (χ0v) is 10.6. The normalized spacial score (nSPS) is 13.1. The third-order valence-electron chi connectivity index (χ3n) is 2.65. The fourth-order valence-corrected chi connectivity index (χ4v) is 1.58. The Hall–Kier alpha value is -2.08. The van der Waals surface area contributed by atoms with Crippen LogP contribution >= 0.6 is 0 Å². The molecule has 0 spiro atoms. The molecule has 0 fully saturated rings. The van der Waals surface area contributed by atoms with Gasteiger partial charge in [0.25, 0.3) is 0 Å². The molecule has 1 aromatic heterocycles. The van der Waals surface area contributed by atoms with Crippen LogP contribution in [0.5, 0.6) is 11.6 Å². The standard InChI is InChI=1S/C14H12F3NO2/c1-9(19)10-2-4-12(5-3-10)20-13-8-11(6-7-18-13)14(15,16)17/h2-9,19H,1H3. The highest BCUT2D eigenvalue weighted by molar-refractivity contribution is 5.32. The summed E-state index contributed by atoms with van der Waals surface area (Å²) in [7, 11) is 0. The lowest BCUT2D eigenvalue weighted by Crippen LogP contribution is -2.05. The van der Waals surface area contributed by atoms with Crippen LogP contribution in [0.1, 0.15) is 24.2 Å². The van der Waals surface area contributed by atoms with Gasteiger partial charge in [0.2, 0.25) is 5.88 Å². The molecule has 0 aliphatic carbocycles. The molecule has 0 aliphatic heterocycles. The Morgan fingerprint density at radius 3 is 2.35 bits per heavy atom. The van der Waals surface area contributed by atoms with Gasteiger partial charge in [-0.3, -0.25) is 0 Å². The Balaban J connectivity index is 2.18. The Labute approximate surface area is 113 Å². The van der Waals surface area contributed by atoms with Crippen molar-refractivity contribution in [2.24, 2.45) is 0 Å². The zero-order valence-electron chi connectivity index (χ0n) is 10.6. The largest absolute Gasteiger partial charge is 0.439 e. The third-order valence-corrected chi connectivity index (χ3v) is 2.65. The van der Waals surface area contributed by atoms with Crippen LogP contribution < -0.4 is 4.74 Å². The number of hydrogen-bond acceptors (Lipinski definition) is 3. The van der Waals surface area contributed by atoms with E-state index in [9.17, 15) is 18.3 Å². The number of benzene rings is 1. The van der Waals surface area contributed by atoms with Crippen molar-refractivity contribution in [2.75, 3.05) is 0 Å². The average molecular weight is 283 g/mol. The summed E-state index contributed by atoms with van der Waals surface area (Å²) in [5.41, 5.74) is -0.127. The van der Waals surface area contributed by atoms with Gasteiger partial charge in [-0.05, 0) is 30.7 Å². The molecule has 20 heavy (non-hydrogen) atoms. The molecule has 1 aromatic carbocycles. The number of aliphatic hydroxyl groups excluding tert-OH is 1. The SMILES string of the molecule is CC(O)c1ccc(Oc2cc(C(F)(F)F)ccn2)cc1. The summed E-state index contributed by atoms with van der Waals surface area (Å²) < 4.78 is 42.9. The lowest BCUT2D eigenvalue weighted by atomic mass is 10.1. The highest BCUT2D eigenvalue weighted by Crippen LogP contribution is 2.31. The van der Waals surface area contributed by atoms with E-state index in [4.69, 9.17) is 4.74 Å². The van der Waals surface area contributed by atoms with Crippen molar-refractivity contribution >= 4 is 0 Å². The summed E-state index contributed by atoms with van der Waals surface area (Å²) in [6.07, 6.45) is -4.00. The van der Waals surface area contributed by atoms with Crippen LogP contribution in [0.3, 0.4) is 0 Å². The maximum Gasteiger partial charge on any atom is 0.416 e. The number of aliphatic hydroxyl groups is 1. The molecule has 0 aliphatic rings. The average Bonchev–Trinajstić information content (AvgIpc) is 2.38. The van der Waals surface area contributed by atoms with Crippen molar-refractivity contribution < 1.29 is 23.0 Å². The second kappa shape index (κ2) is 5.50. The molecule has 106 valence electrons. The minimum absolute atomic E-state index is 0.135. The maximum atomic E-state index is 12.5. The fourth-order valence-electron chi connectivity index (χ4n) is 1.58. The van der Waals surface area contributed by atoms with Crippen molar-refractivity contribution in [1.29, 1.82) is 0 Å². The summed E-state index contributed by atoms with van der Waals surface area (Å²) in [6.45, 7) is 1.62. The number of pyridine rings is 1. The summed E-state index contributed by atoms with van der Waals surface area (Å²) in [6, 6.07) is 8.10. The quantitative estimate of drug-likeness (QED) is 0.927. The van der Waals surface area contributed by atoms with Gasteiger partial charge in [0.15, 0.2) is 0 Å². The van der Waals surface area contributed by atoms with E-state index in [2.05, 4.69) is 4.98 Å². The number of hydrogen-bond donors (Lipinski definition) is 1. The molecule has 1 heterocycles. The predicted molar refractivity (Wildman–Crippen MR) is 66.4 cm³/mol. The first-order valence-electron chi connectivity index (χ1n) is 5.85. The van der Waals surface area contributed by atoms with Gasteiger partial charge in [-0.1, -0.05) is 12.1 Å². The highest BCUT2D eigenvalue weighted by atomic mass is 19.4. The highest BCUT2D eigenvalue weighted by Gasteiger charge is 2.31. The van der Waals surface area contributed by atoms with Gasteiger partial charge in [0, 0.05) is 12.3 Å². The molecule has 1 atom stereocenters. The Morgan fingerprint density at radius 1 is 1.15 bits per heavy atom. The Bertz CT molecular complexity index is 580. The van der Waals surface area contributed by atoms with Crippen molar-refractivity contribution in [2.45, 2.75) is 19.2 Å². The van der Waals surface area contributed by atoms with E-state index >= 15 is 0 Å². The van der Waals surface area contributed by atoms with E-state index < -0.39 is 17.8 Å². The molecular formula is C14H12F3NO2. The number of halogens is 3. The van der Waals surface area contributed by atoms with Crippen LogP contribution in [0.15, 0.2) is 42.6 Å². The van der Waals surface area contributed by atoms with Crippen LogP contribution in [0.4, 0.5) is 13.2 Å². The number of ether oxygens (including phenoxy) is 1. The molecule has 1 unspecified atom stereocenters. The van der Waals surface area contributed by atoms with Crippen molar-refractivity contribution in [3.05, 3.63) is 53.7 Å². The van der Waals surface area contributed by atoms with E-state index in [1.807, 2.05) is 0 Å². The molecule has 2 aromatic rings. The Morgan fingerprint density at radius 2 is 1.80 bits per heavy atom. The molecule has 0 saturated carbocycles. The third kappa shape index (κ3) is 3.48. The monoisotopic (exact) mass is 283 g/mol. The summed E-state index contributed by atoms with van der Waals surface area (Å²) >= 11 is 0. The van der Waals surface area contributed by atoms with Gasteiger partial charge < -0.3 is 9.84 Å². The molecule has 6 heteroatoms. The summed E-state index contributed by atoms with van der Waals surface area (Å²) in [5, 5.41) is 9.35. The van der Waals surface area contributed by atoms with E-state index in [-0.39, 0.29) is 5.88 Å². The predicted octanol–water partition coefficient (Wildman–Crippen LogP) is 3.95. The molecule has 0 amide bonds. The number of aromatic nitrogens is 1. The van der Waals surface area contributed by atoms with Gasteiger partial charge in [0.1, 0.15) is 5.75 Å². The van der Waals surface area contributed by atoms with Crippen molar-refractivity contribution in [1.82, 2.24) is 4.98 Å². The minimum atomic E-state index is -4.43. The summed E-state index contributed by atoms with van der Waals surface area (Å²) in [4.78, 5) is 3.73. The second-order valence-corrected chi connectivity index (χ2v) is 4.23. The first-order chi connectivity index (χ1) is 9.36. The van der Waals surface area contributed by atoms with Crippen LogP contribution in [0, 0.1) is 0 Å². The molecular weight excluding hydrogens is 271 g/mol. The molecule has 3 nitrogen and oxygen atoms in total. The maximum absolute atomic E-state index is 12.5. The van der Waals surface area contributed by atoms with Crippen molar-refractivity contribution in [3.8, 4) is 11.6 Å². The number of alkyl halides is 3. The fraction of sp³-hybridized carbons (Fsp3) is 0.214. The number of nitrogens with zero attached hydrogens (tertiary/aromatic N) is 1. The van der Waals surface area contributed by atoms with Crippen LogP contribution in [0.25, 0.3) is 0 Å².